The molecule has 5 heteroatoms. The molecule has 0 amide bonds. The first-order valence-electron chi connectivity index (χ1n) is 5.60. The van der Waals surface area contributed by atoms with Crippen molar-refractivity contribution in [2.45, 2.75) is 5.92 Å². The zero-order valence-electron chi connectivity index (χ0n) is 10.4. The Bertz CT molecular complexity index is 402. The quantitative estimate of drug-likeness (QED) is 0.442. The highest BCUT2D eigenvalue weighted by molar-refractivity contribution is 5.89. The molecule has 0 fully saturated rings. The fourth-order valence-electron chi connectivity index (χ4n) is 1.84. The van der Waals surface area contributed by atoms with Gasteiger partial charge >= 0.3 is 5.97 Å². The number of phenols is 1. The molecule has 0 aromatic heterocycles. The molecule has 2 atom stereocenters. The average Bonchev–Trinajstić information content (AvgIpc) is 2.39. The summed E-state index contributed by atoms with van der Waals surface area (Å²) in [6.07, 6.45) is 0.598. The van der Waals surface area contributed by atoms with Crippen molar-refractivity contribution < 1.29 is 19.4 Å². The van der Waals surface area contributed by atoms with Crippen LogP contribution in [0.4, 0.5) is 0 Å². The first-order chi connectivity index (χ1) is 8.63. The van der Waals surface area contributed by atoms with Gasteiger partial charge in [0.1, 0.15) is 18.0 Å². The lowest BCUT2D eigenvalue weighted by molar-refractivity contribution is -0.147. The van der Waals surface area contributed by atoms with Crippen LogP contribution in [0.1, 0.15) is 11.5 Å². The zero-order chi connectivity index (χ0) is 13.5. The molecule has 0 saturated heterocycles. The van der Waals surface area contributed by atoms with Crippen molar-refractivity contribution >= 4 is 12.3 Å². The Balaban J connectivity index is 3.03. The number of phenolic OH excluding ortho intramolecular Hbond substituents is 1. The van der Waals surface area contributed by atoms with Gasteiger partial charge in [0, 0.05) is 12.5 Å². The number of benzene rings is 1. The number of hydrogen-bond acceptors (Lipinski definition) is 5. The van der Waals surface area contributed by atoms with E-state index < -0.39 is 11.9 Å². The Morgan fingerprint density at radius 2 is 2.06 bits per heavy atom. The summed E-state index contributed by atoms with van der Waals surface area (Å²) < 4.78 is 4.63. The van der Waals surface area contributed by atoms with Crippen LogP contribution < -0.4 is 5.32 Å². The molecule has 0 radical (unpaired) electrons. The summed E-state index contributed by atoms with van der Waals surface area (Å²) in [4.78, 5) is 22.7. The van der Waals surface area contributed by atoms with Gasteiger partial charge in [-0.15, -0.1) is 0 Å². The number of carbonyl (C=O) groups is 2. The number of ether oxygens (including phenoxy) is 1. The van der Waals surface area contributed by atoms with Crippen molar-refractivity contribution in [2.24, 2.45) is 5.92 Å². The second-order valence-electron chi connectivity index (χ2n) is 3.94. The number of aromatic hydroxyl groups is 1. The van der Waals surface area contributed by atoms with Gasteiger partial charge in [-0.2, -0.15) is 0 Å². The molecule has 0 spiro atoms. The highest BCUT2D eigenvalue weighted by atomic mass is 16.5. The van der Waals surface area contributed by atoms with E-state index in [-0.39, 0.29) is 11.7 Å². The molecule has 2 N–H and O–H groups in total. The van der Waals surface area contributed by atoms with E-state index in [1.54, 1.807) is 19.2 Å². The molecule has 0 aliphatic rings. The average molecular weight is 251 g/mol. The summed E-state index contributed by atoms with van der Waals surface area (Å²) in [5.41, 5.74) is 0.796. The van der Waals surface area contributed by atoms with Crippen molar-refractivity contribution in [3.05, 3.63) is 29.8 Å². The fourth-order valence-corrected chi connectivity index (χ4v) is 1.84. The number of carbonyl (C=O) groups excluding carboxylic acids is 2. The van der Waals surface area contributed by atoms with Crippen molar-refractivity contribution in [2.75, 3.05) is 20.7 Å². The molecular weight excluding hydrogens is 234 g/mol. The predicted molar refractivity (Wildman–Crippen MR) is 66.3 cm³/mol. The summed E-state index contributed by atoms with van der Waals surface area (Å²) in [6, 6.07) is 6.43. The lowest BCUT2D eigenvalue weighted by Gasteiger charge is -2.21. The van der Waals surface area contributed by atoms with Gasteiger partial charge in [-0.25, -0.2) is 0 Å². The molecule has 1 aromatic rings. The smallest absolute Gasteiger partial charge is 0.316 e. The molecule has 1 unspecified atom stereocenters. The first kappa shape index (κ1) is 14.2. The molecule has 98 valence electrons. The summed E-state index contributed by atoms with van der Waals surface area (Å²) in [5, 5.41) is 12.2. The van der Waals surface area contributed by atoms with Crippen molar-refractivity contribution in [1.29, 1.82) is 0 Å². The monoisotopic (exact) mass is 251 g/mol. The Morgan fingerprint density at radius 3 is 2.50 bits per heavy atom. The third-order valence-electron chi connectivity index (χ3n) is 2.80. The van der Waals surface area contributed by atoms with E-state index in [1.807, 2.05) is 0 Å². The van der Waals surface area contributed by atoms with Crippen LogP contribution in [0.5, 0.6) is 5.75 Å². The number of aldehydes is 1. The minimum Gasteiger partial charge on any atom is -0.508 e. The van der Waals surface area contributed by atoms with Gasteiger partial charge in [0.05, 0.1) is 7.11 Å². The van der Waals surface area contributed by atoms with Gasteiger partial charge in [-0.1, -0.05) is 12.1 Å². The van der Waals surface area contributed by atoms with E-state index in [0.717, 1.165) is 5.56 Å². The molecule has 1 rings (SSSR count). The number of nitrogens with one attached hydrogen (secondary N) is 1. The maximum absolute atomic E-state index is 11.6. The van der Waals surface area contributed by atoms with Crippen molar-refractivity contribution in [1.82, 2.24) is 5.32 Å². The fraction of sp³-hybridized carbons (Fsp3) is 0.385. The van der Waals surface area contributed by atoms with Crippen LogP contribution in [-0.4, -0.2) is 38.1 Å². The second kappa shape index (κ2) is 6.76. The van der Waals surface area contributed by atoms with Crippen LogP contribution in [0.3, 0.4) is 0 Å². The highest BCUT2D eigenvalue weighted by Gasteiger charge is 2.29. The Morgan fingerprint density at radius 1 is 1.44 bits per heavy atom. The van der Waals surface area contributed by atoms with Crippen LogP contribution in [0, 0.1) is 5.92 Å². The lowest BCUT2D eigenvalue weighted by Crippen LogP contribution is -2.31. The predicted octanol–water partition coefficient (Wildman–Crippen LogP) is 0.683. The summed E-state index contributed by atoms with van der Waals surface area (Å²) in [5.74, 6) is -1.59. The van der Waals surface area contributed by atoms with Gasteiger partial charge in [-0.3, -0.25) is 4.79 Å². The standard InChI is InChI=1S/C13H17NO4/c1-14-7-11(12(8-15)13(17)18-2)9-3-5-10(16)6-4-9/h3-6,8,11-12,14,16H,7H2,1-2H3/t11-,12?/m1/s1. The third kappa shape index (κ3) is 3.30. The van der Waals surface area contributed by atoms with Gasteiger partial charge < -0.3 is 20.0 Å². The van der Waals surface area contributed by atoms with Crippen molar-refractivity contribution in [3.8, 4) is 5.75 Å². The SMILES string of the molecule is CNC[C@H](c1ccc(O)cc1)C(C=O)C(=O)OC. The molecule has 0 bridgehead atoms. The van der Waals surface area contributed by atoms with Crippen molar-refractivity contribution in [3.63, 3.8) is 0 Å². The van der Waals surface area contributed by atoms with E-state index in [4.69, 9.17) is 0 Å². The minimum absolute atomic E-state index is 0.141. The zero-order valence-corrected chi connectivity index (χ0v) is 10.4. The number of hydrogen-bond donors (Lipinski definition) is 2. The number of likely N-dealkylation sites (N-methyl/N-ethyl adjacent to an activating group) is 1. The Labute approximate surface area is 106 Å². The lowest BCUT2D eigenvalue weighted by atomic mass is 9.86. The Hall–Kier alpha value is -1.88. The molecule has 5 nitrogen and oxygen atoms in total. The molecule has 0 aliphatic carbocycles. The van der Waals surface area contributed by atoms with Crippen LogP contribution in [-0.2, 0) is 14.3 Å². The molecular formula is C13H17NO4. The third-order valence-corrected chi connectivity index (χ3v) is 2.80. The summed E-state index contributed by atoms with van der Waals surface area (Å²) >= 11 is 0. The maximum atomic E-state index is 11.6. The van der Waals surface area contributed by atoms with Crippen LogP contribution in [0.15, 0.2) is 24.3 Å². The largest absolute Gasteiger partial charge is 0.508 e. The van der Waals surface area contributed by atoms with Gasteiger partial charge in [0.15, 0.2) is 0 Å². The second-order valence-corrected chi connectivity index (χ2v) is 3.94. The number of methoxy groups -OCH3 is 1. The van der Waals surface area contributed by atoms with E-state index in [0.29, 0.717) is 12.8 Å². The molecule has 1 aromatic carbocycles. The highest BCUT2D eigenvalue weighted by Crippen LogP contribution is 2.25. The topological polar surface area (TPSA) is 75.6 Å². The summed E-state index contributed by atoms with van der Waals surface area (Å²) in [7, 11) is 3.00. The first-order valence-corrected chi connectivity index (χ1v) is 5.60. The Kier molecular flexibility index (Phi) is 5.32. The summed E-state index contributed by atoms with van der Waals surface area (Å²) in [6.45, 7) is 0.462. The van der Waals surface area contributed by atoms with Gasteiger partial charge in [0.25, 0.3) is 0 Å². The van der Waals surface area contributed by atoms with Crippen LogP contribution in [0.2, 0.25) is 0 Å². The molecule has 18 heavy (non-hydrogen) atoms. The molecule has 0 heterocycles. The van der Waals surface area contributed by atoms with Gasteiger partial charge in [-0.05, 0) is 24.7 Å². The van der Waals surface area contributed by atoms with Crippen LogP contribution >= 0.6 is 0 Å². The molecule has 0 aliphatic heterocycles. The van der Waals surface area contributed by atoms with E-state index >= 15 is 0 Å². The van der Waals surface area contributed by atoms with E-state index in [2.05, 4.69) is 10.1 Å². The number of rotatable bonds is 6. The van der Waals surface area contributed by atoms with E-state index in [1.165, 1.54) is 19.2 Å². The van der Waals surface area contributed by atoms with E-state index in [9.17, 15) is 14.7 Å². The minimum atomic E-state index is -0.855. The number of esters is 1. The normalized spacial score (nSPS) is 13.7. The van der Waals surface area contributed by atoms with Gasteiger partial charge in [0.2, 0.25) is 0 Å². The maximum Gasteiger partial charge on any atom is 0.316 e. The van der Waals surface area contributed by atoms with Crippen LogP contribution in [0.25, 0.3) is 0 Å². The molecule has 0 saturated carbocycles.